The fourth-order valence-electron chi connectivity index (χ4n) is 0.677. The molecule has 0 heterocycles. The SMILES string of the molecule is NOCc1ccc(Cl)cc1.[Cl-]. The van der Waals surface area contributed by atoms with E-state index in [2.05, 4.69) is 4.84 Å². The molecule has 0 aliphatic heterocycles. The van der Waals surface area contributed by atoms with Crippen LogP contribution in [0.1, 0.15) is 5.56 Å². The molecule has 11 heavy (non-hydrogen) atoms. The normalized spacial score (nSPS) is 8.91. The second-order valence-electron chi connectivity index (χ2n) is 1.94. The first-order chi connectivity index (χ1) is 4.83. The highest BCUT2D eigenvalue weighted by Crippen LogP contribution is 2.09. The third-order valence-corrected chi connectivity index (χ3v) is 1.42. The Bertz CT molecular complexity index is 200. The average molecular weight is 193 g/mol. The van der Waals surface area contributed by atoms with Crippen LogP contribution in [0.2, 0.25) is 5.02 Å². The summed E-state index contributed by atoms with van der Waals surface area (Å²) in [6.45, 7) is 0.428. The Morgan fingerprint density at radius 1 is 1.27 bits per heavy atom. The molecule has 1 aromatic rings. The lowest BCUT2D eigenvalue weighted by Crippen LogP contribution is -3.00. The molecule has 2 nitrogen and oxygen atoms in total. The lowest BCUT2D eigenvalue weighted by Gasteiger charge is -1.96. The molecule has 1 aromatic carbocycles. The highest BCUT2D eigenvalue weighted by atomic mass is 35.5. The average Bonchev–Trinajstić information content (AvgIpc) is 1.95. The number of hydrogen-bond acceptors (Lipinski definition) is 2. The first-order valence-electron chi connectivity index (χ1n) is 2.89. The molecule has 4 heteroatoms. The topological polar surface area (TPSA) is 35.2 Å². The minimum absolute atomic E-state index is 0. The number of hydrogen-bond donors (Lipinski definition) is 1. The van der Waals surface area contributed by atoms with Gasteiger partial charge in [0, 0.05) is 5.02 Å². The van der Waals surface area contributed by atoms with E-state index in [1.54, 1.807) is 12.1 Å². The van der Waals surface area contributed by atoms with Crippen LogP contribution in [0.5, 0.6) is 0 Å². The first kappa shape index (κ1) is 10.7. The van der Waals surface area contributed by atoms with E-state index in [0.717, 1.165) is 10.6 Å². The lowest BCUT2D eigenvalue weighted by atomic mass is 10.2. The maximum atomic E-state index is 5.64. The Morgan fingerprint density at radius 2 is 1.82 bits per heavy atom. The smallest absolute Gasteiger partial charge is 0.0930 e. The zero-order valence-electron chi connectivity index (χ0n) is 5.76. The molecule has 0 fully saturated rings. The van der Waals surface area contributed by atoms with Crippen LogP contribution in [-0.2, 0) is 11.4 Å². The summed E-state index contributed by atoms with van der Waals surface area (Å²) in [6, 6.07) is 7.34. The molecule has 62 valence electrons. The Morgan fingerprint density at radius 3 is 2.27 bits per heavy atom. The van der Waals surface area contributed by atoms with Crippen LogP contribution in [0.4, 0.5) is 0 Å². The molecule has 0 amide bonds. The summed E-state index contributed by atoms with van der Waals surface area (Å²) in [7, 11) is 0. The molecule has 2 N–H and O–H groups in total. The summed E-state index contributed by atoms with van der Waals surface area (Å²) in [6.07, 6.45) is 0. The van der Waals surface area contributed by atoms with Gasteiger partial charge in [0.05, 0.1) is 6.61 Å². The second-order valence-corrected chi connectivity index (χ2v) is 2.37. The van der Waals surface area contributed by atoms with Crippen molar-refractivity contribution in [2.75, 3.05) is 0 Å². The van der Waals surface area contributed by atoms with E-state index < -0.39 is 0 Å². The summed E-state index contributed by atoms with van der Waals surface area (Å²) in [5, 5.41) is 0.723. The number of rotatable bonds is 2. The summed E-state index contributed by atoms with van der Waals surface area (Å²) >= 11 is 5.64. The Hall–Kier alpha value is -0.280. The van der Waals surface area contributed by atoms with Gasteiger partial charge in [0.25, 0.3) is 0 Å². The zero-order chi connectivity index (χ0) is 7.40. The van der Waals surface area contributed by atoms with Crippen molar-refractivity contribution in [2.24, 2.45) is 5.90 Å². The molecule has 0 spiro atoms. The molecule has 0 unspecified atom stereocenters. The summed E-state index contributed by atoms with van der Waals surface area (Å²) in [5.41, 5.74) is 1.02. The summed E-state index contributed by atoms with van der Waals surface area (Å²) in [4.78, 5) is 4.42. The highest BCUT2D eigenvalue weighted by Gasteiger charge is 1.89. The Labute approximate surface area is 76.7 Å². The van der Waals surface area contributed by atoms with Gasteiger partial charge in [-0.15, -0.1) is 0 Å². The summed E-state index contributed by atoms with van der Waals surface area (Å²) in [5.74, 6) is 4.87. The van der Waals surface area contributed by atoms with Gasteiger partial charge in [-0.2, -0.15) is 0 Å². The predicted molar refractivity (Wildman–Crippen MR) is 40.4 cm³/mol. The van der Waals surface area contributed by atoms with Crippen molar-refractivity contribution in [1.82, 2.24) is 0 Å². The fourth-order valence-corrected chi connectivity index (χ4v) is 0.803. The van der Waals surface area contributed by atoms with Gasteiger partial charge in [-0.05, 0) is 17.7 Å². The second kappa shape index (κ2) is 5.38. The van der Waals surface area contributed by atoms with Crippen LogP contribution in [0.25, 0.3) is 0 Å². The monoisotopic (exact) mass is 192 g/mol. The zero-order valence-corrected chi connectivity index (χ0v) is 7.27. The van der Waals surface area contributed by atoms with Gasteiger partial charge in [-0.25, -0.2) is 5.90 Å². The molecular weight excluding hydrogens is 185 g/mol. The molecular formula is C7H8Cl2NO-. The molecule has 0 aliphatic carbocycles. The van der Waals surface area contributed by atoms with Gasteiger partial charge in [0.2, 0.25) is 0 Å². The molecule has 0 radical (unpaired) electrons. The van der Waals surface area contributed by atoms with E-state index in [9.17, 15) is 0 Å². The van der Waals surface area contributed by atoms with Gasteiger partial charge < -0.3 is 12.4 Å². The highest BCUT2D eigenvalue weighted by molar-refractivity contribution is 6.30. The molecule has 0 bridgehead atoms. The van der Waals surface area contributed by atoms with E-state index in [1.807, 2.05) is 12.1 Å². The van der Waals surface area contributed by atoms with Crippen LogP contribution in [-0.4, -0.2) is 0 Å². The molecule has 0 saturated carbocycles. The molecule has 0 saturated heterocycles. The van der Waals surface area contributed by atoms with Crippen LogP contribution in [0.15, 0.2) is 24.3 Å². The quantitative estimate of drug-likeness (QED) is 0.594. The largest absolute Gasteiger partial charge is 1.00 e. The van der Waals surface area contributed by atoms with Crippen molar-refractivity contribution in [3.05, 3.63) is 34.9 Å². The minimum Gasteiger partial charge on any atom is -1.00 e. The maximum absolute atomic E-state index is 5.64. The van der Waals surface area contributed by atoms with Crippen LogP contribution in [0.3, 0.4) is 0 Å². The van der Waals surface area contributed by atoms with E-state index in [0.29, 0.717) is 6.61 Å². The van der Waals surface area contributed by atoms with E-state index in [-0.39, 0.29) is 12.4 Å². The van der Waals surface area contributed by atoms with Crippen LogP contribution in [0, 0.1) is 0 Å². The van der Waals surface area contributed by atoms with Crippen molar-refractivity contribution >= 4 is 11.6 Å². The Kier molecular flexibility index (Phi) is 5.24. The van der Waals surface area contributed by atoms with Gasteiger partial charge in [-0.3, -0.25) is 4.84 Å². The predicted octanol–water partition coefficient (Wildman–Crippen LogP) is -1.27. The fraction of sp³-hybridized carbons (Fsp3) is 0.143. The van der Waals surface area contributed by atoms with Gasteiger partial charge in [0.15, 0.2) is 0 Å². The van der Waals surface area contributed by atoms with Crippen molar-refractivity contribution in [3.63, 3.8) is 0 Å². The van der Waals surface area contributed by atoms with E-state index in [1.165, 1.54) is 0 Å². The van der Waals surface area contributed by atoms with Crippen molar-refractivity contribution < 1.29 is 17.2 Å². The van der Waals surface area contributed by atoms with Crippen molar-refractivity contribution in [1.29, 1.82) is 0 Å². The van der Waals surface area contributed by atoms with Crippen LogP contribution < -0.4 is 18.3 Å². The molecule has 1 rings (SSSR count). The molecule has 0 aromatic heterocycles. The molecule has 0 aliphatic rings. The van der Waals surface area contributed by atoms with Gasteiger partial charge in [0.1, 0.15) is 0 Å². The lowest BCUT2D eigenvalue weighted by molar-refractivity contribution is -0.00000224. The number of benzene rings is 1. The summed E-state index contributed by atoms with van der Waals surface area (Å²) < 4.78 is 0. The standard InChI is InChI=1S/C7H8ClNO.ClH/c8-7-3-1-6(2-4-7)5-10-9;/h1-4H,5,9H2;1H/p-1. The molecule has 0 atom stereocenters. The van der Waals surface area contributed by atoms with E-state index in [4.69, 9.17) is 17.5 Å². The van der Waals surface area contributed by atoms with Gasteiger partial charge in [-0.1, -0.05) is 23.7 Å². The third kappa shape index (κ3) is 3.58. The first-order valence-corrected chi connectivity index (χ1v) is 3.27. The minimum atomic E-state index is 0. The van der Waals surface area contributed by atoms with Crippen LogP contribution >= 0.6 is 11.6 Å². The van der Waals surface area contributed by atoms with Gasteiger partial charge >= 0.3 is 0 Å². The number of halogens is 2. The van der Waals surface area contributed by atoms with Crippen molar-refractivity contribution in [2.45, 2.75) is 6.61 Å². The Balaban J connectivity index is 0.000001000. The van der Waals surface area contributed by atoms with Crippen molar-refractivity contribution in [3.8, 4) is 0 Å². The third-order valence-electron chi connectivity index (χ3n) is 1.16. The maximum Gasteiger partial charge on any atom is 0.0930 e. The van der Waals surface area contributed by atoms with E-state index >= 15 is 0 Å². The number of nitrogens with two attached hydrogens (primary N) is 1.